The Morgan fingerprint density at radius 2 is 1.50 bits per heavy atom. The number of pyridine rings is 2. The van der Waals surface area contributed by atoms with Gasteiger partial charge in [-0.3, -0.25) is 0 Å². The van der Waals surface area contributed by atoms with E-state index in [4.69, 9.17) is 11.0 Å². The second kappa shape index (κ2) is 12.7. The van der Waals surface area contributed by atoms with Gasteiger partial charge in [0.15, 0.2) is 0 Å². The zero-order chi connectivity index (χ0) is 34.2. The molecule has 0 aliphatic carbocycles. The summed E-state index contributed by atoms with van der Waals surface area (Å²) < 4.78 is 62.4. The van der Waals surface area contributed by atoms with Gasteiger partial charge >= 0.3 is 0 Å². The van der Waals surface area contributed by atoms with Crippen LogP contribution in [0.15, 0.2) is 103 Å². The number of nitrogens with zero attached hydrogens (tertiary/aromatic N) is 2. The number of fused-ring (bicyclic) bond motifs is 3. The van der Waals surface area contributed by atoms with Crippen LogP contribution in [0, 0.1) is 31.3 Å². The summed E-state index contributed by atoms with van der Waals surface area (Å²) in [5.74, 6) is 0. The molecule has 0 atom stereocenters. The van der Waals surface area contributed by atoms with Crippen LogP contribution in [0.5, 0.6) is 0 Å². The Hall–Kier alpha value is -3.65. The normalized spacial score (nSPS) is 15.0. The van der Waals surface area contributed by atoms with Gasteiger partial charge in [-0.15, -0.1) is 59.7 Å². The molecule has 0 bridgehead atoms. The molecule has 6 rings (SSSR count). The Morgan fingerprint density at radius 3 is 2.23 bits per heavy atom. The Bertz CT molecular complexity index is 2020. The van der Waals surface area contributed by atoms with Crippen molar-refractivity contribution in [3.63, 3.8) is 0 Å². The fraction of sp³-hybridized carbons (Fsp3) is 0.189. The van der Waals surface area contributed by atoms with E-state index >= 15 is 0 Å². The minimum atomic E-state index is -2.55. The van der Waals surface area contributed by atoms with Gasteiger partial charge in [0.25, 0.3) is 0 Å². The Morgan fingerprint density at radius 1 is 0.725 bits per heavy atom. The summed E-state index contributed by atoms with van der Waals surface area (Å²) in [6.07, 6.45) is 1.37. The molecule has 0 saturated carbocycles. The first-order valence-electron chi connectivity index (χ1n) is 16.7. The maximum Gasteiger partial charge on any atom is 0.0322 e. The van der Waals surface area contributed by atoms with E-state index in [1.54, 1.807) is 6.20 Å². The molecule has 0 N–H and O–H groups in total. The van der Waals surface area contributed by atoms with Crippen molar-refractivity contribution < 1.29 is 31.1 Å². The number of aryl methyl sites for hydroxylation is 2. The second-order valence-electron chi connectivity index (χ2n) is 10.3. The second-order valence-corrected chi connectivity index (χ2v) is 10.3. The monoisotopic (exact) mass is 707 g/mol. The molecule has 0 unspecified atom stereocenters. The maximum atomic E-state index is 8.21. The van der Waals surface area contributed by atoms with Crippen LogP contribution in [-0.2, 0) is 26.5 Å². The molecule has 0 spiro atoms. The topological polar surface area (TPSA) is 25.8 Å². The van der Waals surface area contributed by atoms with E-state index < -0.39 is 25.5 Å². The van der Waals surface area contributed by atoms with Crippen LogP contribution < -0.4 is 0 Å². The summed E-state index contributed by atoms with van der Waals surface area (Å²) in [6, 6.07) is 34.7. The van der Waals surface area contributed by atoms with Crippen molar-refractivity contribution in [3.05, 3.63) is 132 Å². The summed E-state index contributed by atoms with van der Waals surface area (Å²) in [6.45, 7) is 0.590. The van der Waals surface area contributed by atoms with Gasteiger partial charge in [-0.05, 0) is 58.8 Å². The van der Waals surface area contributed by atoms with E-state index in [9.17, 15) is 0 Å². The third-order valence-corrected chi connectivity index (χ3v) is 6.12. The molecular weight excluding hydrogens is 665 g/mol. The van der Waals surface area contributed by atoms with Crippen molar-refractivity contribution in [1.82, 2.24) is 9.97 Å². The molecule has 0 amide bonds. The Labute approximate surface area is 263 Å². The van der Waals surface area contributed by atoms with E-state index in [-0.39, 0.29) is 31.2 Å². The third-order valence-electron chi connectivity index (χ3n) is 6.12. The summed E-state index contributed by atoms with van der Waals surface area (Å²) in [4.78, 5) is 8.59. The van der Waals surface area contributed by atoms with Crippen LogP contribution in [0.2, 0.25) is 0 Å². The molecule has 2 aromatic heterocycles. The molecule has 3 heteroatoms. The van der Waals surface area contributed by atoms with Gasteiger partial charge < -0.3 is 9.97 Å². The third kappa shape index (κ3) is 7.10. The first-order chi connectivity index (χ1) is 22.0. The molecule has 40 heavy (non-hydrogen) atoms. The van der Waals surface area contributed by atoms with Crippen molar-refractivity contribution >= 4 is 21.5 Å². The quantitative estimate of drug-likeness (QED) is 0.135. The van der Waals surface area contributed by atoms with E-state index in [0.717, 1.165) is 39.0 Å². The molecule has 0 fully saturated rings. The fourth-order valence-electron chi connectivity index (χ4n) is 4.30. The van der Waals surface area contributed by atoms with Crippen LogP contribution in [0.4, 0.5) is 0 Å². The van der Waals surface area contributed by atoms with Gasteiger partial charge in [0.05, 0.1) is 0 Å². The van der Waals surface area contributed by atoms with E-state index in [0.29, 0.717) is 16.8 Å². The zero-order valence-electron chi connectivity index (χ0n) is 30.5. The van der Waals surface area contributed by atoms with E-state index in [1.807, 2.05) is 106 Å². The standard InChI is InChI=1S/C21H16N.C16H18N.Ir/c1-14-11-21(22-13-15(14)2)18-10-9-17-8-7-16-5-3-4-6-19(16)20(17)12-18;1-16(2,3)11-13-9-10-15(17-12-13)14-7-5-4-6-8-14;/h3-9,11-13H,1-2H3;4-7,9-10,12H,11H2,1-3H3;/q2*-1;/i1D3,2D3;11D2;. The Balaban J connectivity index is 0.000000228. The minimum absolute atomic E-state index is 0. The average molecular weight is 707 g/mol. The van der Waals surface area contributed by atoms with Crippen molar-refractivity contribution in [2.75, 3.05) is 0 Å². The molecule has 2 nitrogen and oxygen atoms in total. The molecule has 0 aliphatic heterocycles. The summed E-state index contributed by atoms with van der Waals surface area (Å²) >= 11 is 0. The SMILES string of the molecule is [2H]C([2H])([2H])c1cnc(-c2[c-]cc3ccc4ccccc4c3c2)cc1C([2H])([2H])[2H].[2H]C([2H])(c1ccc(-c2[c-]cccc2)nc1)C(C)(C)C.[Ir]. The van der Waals surface area contributed by atoms with Crippen LogP contribution in [0.3, 0.4) is 0 Å². The predicted octanol–water partition coefficient (Wildman–Crippen LogP) is 9.61. The first kappa shape index (κ1) is 20.3. The van der Waals surface area contributed by atoms with Crippen LogP contribution in [0.1, 0.15) is 48.4 Å². The maximum absolute atomic E-state index is 8.21. The number of hydrogen-bond donors (Lipinski definition) is 0. The molecule has 203 valence electrons. The molecule has 0 saturated heterocycles. The molecular formula is C37H34IrN2-2. The largest absolute Gasteiger partial charge is 0.304 e. The van der Waals surface area contributed by atoms with E-state index in [1.165, 1.54) is 6.07 Å². The number of benzene rings is 4. The molecule has 6 aromatic rings. The minimum Gasteiger partial charge on any atom is -0.304 e. The average Bonchev–Trinajstić information content (AvgIpc) is 3.03. The van der Waals surface area contributed by atoms with Gasteiger partial charge in [0.2, 0.25) is 0 Å². The number of hydrogen-bond acceptors (Lipinski definition) is 2. The van der Waals surface area contributed by atoms with Crippen molar-refractivity contribution in [3.8, 4) is 22.5 Å². The van der Waals surface area contributed by atoms with Crippen LogP contribution in [-0.4, -0.2) is 9.97 Å². The van der Waals surface area contributed by atoms with E-state index in [2.05, 4.69) is 22.1 Å². The first-order valence-corrected chi connectivity index (χ1v) is 12.7. The van der Waals surface area contributed by atoms with Crippen molar-refractivity contribution in [2.45, 2.75) is 40.8 Å². The van der Waals surface area contributed by atoms with Crippen LogP contribution in [0.25, 0.3) is 44.1 Å². The van der Waals surface area contributed by atoms with Gasteiger partial charge in [0.1, 0.15) is 0 Å². The van der Waals surface area contributed by atoms with Crippen molar-refractivity contribution in [2.24, 2.45) is 5.41 Å². The Kier molecular flexibility index (Phi) is 6.42. The molecule has 1 radical (unpaired) electrons. The smallest absolute Gasteiger partial charge is 0.0322 e. The number of aromatic nitrogens is 2. The molecule has 4 aromatic carbocycles. The van der Waals surface area contributed by atoms with Gasteiger partial charge in [-0.2, -0.15) is 0 Å². The summed E-state index contributed by atoms with van der Waals surface area (Å²) in [5, 5.41) is 4.19. The van der Waals surface area contributed by atoms with Crippen molar-refractivity contribution in [1.29, 1.82) is 0 Å². The zero-order valence-corrected chi connectivity index (χ0v) is 24.9. The summed E-state index contributed by atoms with van der Waals surface area (Å²) in [5.41, 5.74) is 2.43. The van der Waals surface area contributed by atoms with Gasteiger partial charge in [0, 0.05) is 43.5 Å². The number of rotatable bonds is 3. The fourth-order valence-corrected chi connectivity index (χ4v) is 4.30. The van der Waals surface area contributed by atoms with Crippen LogP contribution >= 0.6 is 0 Å². The van der Waals surface area contributed by atoms with Gasteiger partial charge in [-0.25, -0.2) is 0 Å². The predicted molar refractivity (Wildman–Crippen MR) is 165 cm³/mol. The van der Waals surface area contributed by atoms with Gasteiger partial charge in [-0.1, -0.05) is 91.7 Å². The molecule has 2 heterocycles. The molecule has 0 aliphatic rings. The summed E-state index contributed by atoms with van der Waals surface area (Å²) in [7, 11) is 0.